The Bertz CT molecular complexity index is 619. The largest absolute Gasteiger partial charge is 0.344 e. The van der Waals surface area contributed by atoms with Crippen LogP contribution in [0.2, 0.25) is 0 Å². The number of H-pyrrole nitrogens is 1. The molecule has 2 N–H and O–H groups in total. The average molecular weight is 274 g/mol. The van der Waals surface area contributed by atoms with E-state index in [-0.39, 0.29) is 5.69 Å². The quantitative estimate of drug-likeness (QED) is 0.648. The van der Waals surface area contributed by atoms with Crippen LogP contribution in [0.5, 0.6) is 0 Å². The van der Waals surface area contributed by atoms with Crippen LogP contribution in [-0.4, -0.2) is 20.9 Å². The molecule has 6 nitrogen and oxygen atoms in total. The standard InChI is InChI=1S/C14H18N4O2/c1-9(2)15-8-13-16-10(3)14(17-13)11-5-4-6-12(7-11)18(19)20/h4-7,9,15H,8H2,1-3H3,(H,16,17). The molecule has 0 saturated heterocycles. The predicted molar refractivity (Wildman–Crippen MR) is 77.4 cm³/mol. The summed E-state index contributed by atoms with van der Waals surface area (Å²) in [6.07, 6.45) is 0. The van der Waals surface area contributed by atoms with E-state index in [9.17, 15) is 10.1 Å². The van der Waals surface area contributed by atoms with Crippen molar-refractivity contribution in [2.24, 2.45) is 0 Å². The van der Waals surface area contributed by atoms with Crippen molar-refractivity contribution in [3.63, 3.8) is 0 Å². The first-order valence-corrected chi connectivity index (χ1v) is 6.51. The Labute approximate surface area is 117 Å². The number of aryl methyl sites for hydroxylation is 1. The number of nitro benzene ring substituents is 1. The van der Waals surface area contributed by atoms with Crippen LogP contribution in [0, 0.1) is 17.0 Å². The van der Waals surface area contributed by atoms with E-state index in [4.69, 9.17) is 0 Å². The smallest absolute Gasteiger partial charge is 0.270 e. The number of nitro groups is 1. The van der Waals surface area contributed by atoms with E-state index in [1.807, 2.05) is 13.0 Å². The molecule has 1 aromatic heterocycles. The van der Waals surface area contributed by atoms with E-state index in [1.54, 1.807) is 12.1 Å². The Balaban J connectivity index is 2.28. The average Bonchev–Trinajstić information content (AvgIpc) is 2.78. The molecule has 0 fully saturated rings. The minimum Gasteiger partial charge on any atom is -0.344 e. The van der Waals surface area contributed by atoms with E-state index in [0.29, 0.717) is 12.6 Å². The summed E-state index contributed by atoms with van der Waals surface area (Å²) < 4.78 is 0. The van der Waals surface area contributed by atoms with Gasteiger partial charge in [0.2, 0.25) is 0 Å². The molecule has 0 amide bonds. The minimum atomic E-state index is -0.396. The maximum Gasteiger partial charge on any atom is 0.270 e. The molecule has 0 aliphatic rings. The van der Waals surface area contributed by atoms with Crippen molar-refractivity contribution >= 4 is 5.69 Å². The zero-order valence-electron chi connectivity index (χ0n) is 11.8. The fraction of sp³-hybridized carbons (Fsp3) is 0.357. The zero-order valence-corrected chi connectivity index (χ0v) is 11.8. The Morgan fingerprint density at radius 3 is 2.85 bits per heavy atom. The van der Waals surface area contributed by atoms with Gasteiger partial charge in [-0.1, -0.05) is 26.0 Å². The van der Waals surface area contributed by atoms with Crippen molar-refractivity contribution in [3.05, 3.63) is 45.9 Å². The van der Waals surface area contributed by atoms with Crippen LogP contribution in [0.4, 0.5) is 5.69 Å². The van der Waals surface area contributed by atoms with Gasteiger partial charge in [-0.3, -0.25) is 10.1 Å². The number of aromatic amines is 1. The minimum absolute atomic E-state index is 0.0757. The lowest BCUT2D eigenvalue weighted by molar-refractivity contribution is -0.384. The summed E-state index contributed by atoms with van der Waals surface area (Å²) in [6, 6.07) is 6.90. The third-order valence-corrected chi connectivity index (χ3v) is 2.94. The number of rotatable bonds is 5. The Hall–Kier alpha value is -2.21. The summed E-state index contributed by atoms with van der Waals surface area (Å²) >= 11 is 0. The Kier molecular flexibility index (Phi) is 4.14. The van der Waals surface area contributed by atoms with Crippen molar-refractivity contribution in [3.8, 4) is 11.3 Å². The summed E-state index contributed by atoms with van der Waals surface area (Å²) in [5, 5.41) is 14.1. The van der Waals surface area contributed by atoms with Crippen LogP contribution in [0.1, 0.15) is 25.4 Å². The molecule has 0 aliphatic carbocycles. The van der Waals surface area contributed by atoms with Gasteiger partial charge in [-0.15, -0.1) is 0 Å². The lowest BCUT2D eigenvalue weighted by Gasteiger charge is -2.04. The number of nitrogens with zero attached hydrogens (tertiary/aromatic N) is 2. The van der Waals surface area contributed by atoms with Crippen LogP contribution in [0.15, 0.2) is 24.3 Å². The van der Waals surface area contributed by atoms with Crippen molar-refractivity contribution in [2.75, 3.05) is 0 Å². The van der Waals surface area contributed by atoms with Crippen LogP contribution in [-0.2, 0) is 6.54 Å². The fourth-order valence-corrected chi connectivity index (χ4v) is 1.95. The number of benzene rings is 1. The molecule has 6 heteroatoms. The molecule has 0 aliphatic heterocycles. The summed E-state index contributed by atoms with van der Waals surface area (Å²) in [4.78, 5) is 18.1. The van der Waals surface area contributed by atoms with Gasteiger partial charge < -0.3 is 10.3 Å². The van der Waals surface area contributed by atoms with Gasteiger partial charge in [-0.2, -0.15) is 0 Å². The van der Waals surface area contributed by atoms with Gasteiger partial charge in [0, 0.05) is 29.4 Å². The SMILES string of the molecule is Cc1[nH]c(CNC(C)C)nc1-c1cccc([N+](=O)[O-])c1. The van der Waals surface area contributed by atoms with Gasteiger partial charge in [-0.05, 0) is 6.92 Å². The monoisotopic (exact) mass is 274 g/mol. The predicted octanol–water partition coefficient (Wildman–Crippen LogP) is 2.79. The maximum absolute atomic E-state index is 10.8. The third-order valence-electron chi connectivity index (χ3n) is 2.94. The van der Waals surface area contributed by atoms with E-state index in [1.165, 1.54) is 6.07 Å². The molecule has 0 unspecified atom stereocenters. The highest BCUT2D eigenvalue weighted by atomic mass is 16.6. The number of hydrogen-bond acceptors (Lipinski definition) is 4. The van der Waals surface area contributed by atoms with Crippen molar-refractivity contribution in [1.29, 1.82) is 0 Å². The van der Waals surface area contributed by atoms with Gasteiger partial charge in [0.25, 0.3) is 5.69 Å². The maximum atomic E-state index is 10.8. The van der Waals surface area contributed by atoms with Gasteiger partial charge in [-0.25, -0.2) is 4.98 Å². The molecule has 1 heterocycles. The summed E-state index contributed by atoms with van der Waals surface area (Å²) in [6.45, 7) is 6.70. The lowest BCUT2D eigenvalue weighted by Crippen LogP contribution is -2.22. The summed E-state index contributed by atoms with van der Waals surface area (Å²) in [7, 11) is 0. The molecule has 0 saturated carbocycles. The highest BCUT2D eigenvalue weighted by Crippen LogP contribution is 2.24. The molecule has 0 radical (unpaired) electrons. The first kappa shape index (κ1) is 14.2. The molecule has 20 heavy (non-hydrogen) atoms. The van der Waals surface area contributed by atoms with E-state index in [0.717, 1.165) is 22.8 Å². The summed E-state index contributed by atoms with van der Waals surface area (Å²) in [5.74, 6) is 0.831. The topological polar surface area (TPSA) is 83.8 Å². The highest BCUT2D eigenvalue weighted by molar-refractivity contribution is 5.64. The normalized spacial score (nSPS) is 11.0. The van der Waals surface area contributed by atoms with E-state index >= 15 is 0 Å². The van der Waals surface area contributed by atoms with E-state index in [2.05, 4.69) is 29.1 Å². The molecule has 0 spiro atoms. The van der Waals surface area contributed by atoms with Gasteiger partial charge in [0.1, 0.15) is 5.82 Å². The number of imidazole rings is 1. The lowest BCUT2D eigenvalue weighted by atomic mass is 10.1. The van der Waals surface area contributed by atoms with Crippen molar-refractivity contribution in [2.45, 2.75) is 33.4 Å². The first-order valence-electron chi connectivity index (χ1n) is 6.51. The van der Waals surface area contributed by atoms with Crippen molar-refractivity contribution < 1.29 is 4.92 Å². The number of nitrogens with one attached hydrogen (secondary N) is 2. The summed E-state index contributed by atoms with van der Waals surface area (Å²) in [5.41, 5.74) is 2.50. The van der Waals surface area contributed by atoms with Crippen molar-refractivity contribution in [1.82, 2.24) is 15.3 Å². The molecule has 2 aromatic rings. The molecular weight excluding hydrogens is 256 g/mol. The molecule has 2 rings (SSSR count). The molecule has 106 valence electrons. The second-order valence-corrected chi connectivity index (χ2v) is 5.00. The molecular formula is C14H18N4O2. The Morgan fingerprint density at radius 2 is 2.20 bits per heavy atom. The van der Waals surface area contributed by atoms with Gasteiger partial charge in [0.15, 0.2) is 0 Å². The van der Waals surface area contributed by atoms with Crippen LogP contribution < -0.4 is 5.32 Å². The third kappa shape index (κ3) is 3.21. The van der Waals surface area contributed by atoms with Crippen LogP contribution >= 0.6 is 0 Å². The second-order valence-electron chi connectivity index (χ2n) is 5.00. The van der Waals surface area contributed by atoms with Crippen LogP contribution in [0.25, 0.3) is 11.3 Å². The number of hydrogen-bond donors (Lipinski definition) is 2. The second kappa shape index (κ2) is 5.83. The zero-order chi connectivity index (χ0) is 14.7. The van der Waals surface area contributed by atoms with Crippen LogP contribution in [0.3, 0.4) is 0 Å². The highest BCUT2D eigenvalue weighted by Gasteiger charge is 2.12. The van der Waals surface area contributed by atoms with Gasteiger partial charge >= 0.3 is 0 Å². The number of non-ortho nitro benzene ring substituents is 1. The molecule has 0 atom stereocenters. The fourth-order valence-electron chi connectivity index (χ4n) is 1.95. The molecule has 1 aromatic carbocycles. The number of aromatic nitrogens is 2. The van der Waals surface area contributed by atoms with E-state index < -0.39 is 4.92 Å². The first-order chi connectivity index (χ1) is 9.47. The molecule has 0 bridgehead atoms. The van der Waals surface area contributed by atoms with Gasteiger partial charge in [0.05, 0.1) is 17.2 Å². The Morgan fingerprint density at radius 1 is 1.45 bits per heavy atom.